The molecule has 1 aliphatic rings. The third kappa shape index (κ3) is 4.57. The Bertz CT molecular complexity index is 212. The number of hydrogen-bond acceptors (Lipinski definition) is 3. The van der Waals surface area contributed by atoms with Crippen LogP contribution in [0.15, 0.2) is 0 Å². The van der Waals surface area contributed by atoms with Crippen LogP contribution in [0.25, 0.3) is 0 Å². The molecule has 0 aliphatic heterocycles. The normalized spacial score (nSPS) is 20.8. The van der Waals surface area contributed by atoms with Crippen LogP contribution in [0.2, 0.25) is 0 Å². The monoisotopic (exact) mass is 242 g/mol. The fourth-order valence-electron chi connectivity index (χ4n) is 2.83. The first kappa shape index (κ1) is 14.9. The van der Waals surface area contributed by atoms with E-state index >= 15 is 0 Å². The molecule has 3 heteroatoms. The highest BCUT2D eigenvalue weighted by molar-refractivity contribution is 4.84. The van der Waals surface area contributed by atoms with Gasteiger partial charge in [0, 0.05) is 25.7 Å². The molecule has 0 aromatic rings. The average molecular weight is 242 g/mol. The molecule has 0 saturated heterocycles. The van der Waals surface area contributed by atoms with Gasteiger partial charge in [0.15, 0.2) is 0 Å². The topological polar surface area (TPSA) is 38.5 Å². The zero-order valence-electron chi connectivity index (χ0n) is 12.0. The minimum atomic E-state index is -0.0764. The lowest BCUT2D eigenvalue weighted by molar-refractivity contribution is -0.0119. The van der Waals surface area contributed by atoms with Crippen molar-refractivity contribution in [3.05, 3.63) is 0 Å². The lowest BCUT2D eigenvalue weighted by Gasteiger charge is -2.39. The van der Waals surface area contributed by atoms with Gasteiger partial charge in [0.2, 0.25) is 0 Å². The molecule has 2 N–H and O–H groups in total. The lowest BCUT2D eigenvalue weighted by Crippen LogP contribution is -2.48. The number of ether oxygens (including phenoxy) is 1. The van der Waals surface area contributed by atoms with Gasteiger partial charge in [-0.25, -0.2) is 0 Å². The zero-order valence-corrected chi connectivity index (χ0v) is 12.0. The summed E-state index contributed by atoms with van der Waals surface area (Å²) >= 11 is 0. The van der Waals surface area contributed by atoms with E-state index in [-0.39, 0.29) is 5.60 Å². The largest absolute Gasteiger partial charge is 0.379 e. The number of rotatable bonds is 6. The molecular formula is C14H30N2O. The van der Waals surface area contributed by atoms with Crippen molar-refractivity contribution in [3.8, 4) is 0 Å². The number of methoxy groups -OCH3 is 1. The standard InChI is InChI=1S/C14H30N2O/c1-14(2,17-4)10-13(11-15)16(3)12-8-6-5-7-9-12/h12-13H,5-11,15H2,1-4H3. The van der Waals surface area contributed by atoms with Gasteiger partial charge in [-0.1, -0.05) is 19.3 Å². The van der Waals surface area contributed by atoms with Gasteiger partial charge in [-0.3, -0.25) is 4.90 Å². The Hall–Kier alpha value is -0.120. The number of likely N-dealkylation sites (N-methyl/N-ethyl adjacent to an activating group) is 1. The van der Waals surface area contributed by atoms with Crippen molar-refractivity contribution in [1.82, 2.24) is 4.90 Å². The quantitative estimate of drug-likeness (QED) is 0.777. The summed E-state index contributed by atoms with van der Waals surface area (Å²) in [6.45, 7) is 5.01. The van der Waals surface area contributed by atoms with E-state index in [2.05, 4.69) is 25.8 Å². The average Bonchev–Trinajstić information content (AvgIpc) is 2.36. The van der Waals surface area contributed by atoms with Crippen LogP contribution in [0.4, 0.5) is 0 Å². The van der Waals surface area contributed by atoms with E-state index in [1.165, 1.54) is 32.1 Å². The summed E-state index contributed by atoms with van der Waals surface area (Å²) in [5.41, 5.74) is 5.87. The van der Waals surface area contributed by atoms with Crippen molar-refractivity contribution in [3.63, 3.8) is 0 Å². The van der Waals surface area contributed by atoms with E-state index in [9.17, 15) is 0 Å². The van der Waals surface area contributed by atoms with Crippen molar-refractivity contribution in [2.24, 2.45) is 5.73 Å². The van der Waals surface area contributed by atoms with E-state index in [1.807, 2.05) is 0 Å². The van der Waals surface area contributed by atoms with Crippen LogP contribution in [0.1, 0.15) is 52.4 Å². The first-order chi connectivity index (χ1) is 8.00. The molecule has 1 fully saturated rings. The fraction of sp³-hybridized carbons (Fsp3) is 1.00. The van der Waals surface area contributed by atoms with Crippen molar-refractivity contribution in [2.75, 3.05) is 20.7 Å². The van der Waals surface area contributed by atoms with Gasteiger partial charge in [-0.05, 0) is 40.2 Å². The molecule has 0 bridgehead atoms. The van der Waals surface area contributed by atoms with Crippen LogP contribution in [-0.4, -0.2) is 43.3 Å². The van der Waals surface area contributed by atoms with Crippen LogP contribution in [-0.2, 0) is 4.74 Å². The second kappa shape index (κ2) is 6.72. The Morgan fingerprint density at radius 3 is 2.35 bits per heavy atom. The van der Waals surface area contributed by atoms with Crippen LogP contribution in [0.3, 0.4) is 0 Å². The molecule has 0 amide bonds. The summed E-state index contributed by atoms with van der Waals surface area (Å²) in [4.78, 5) is 2.50. The molecule has 0 spiro atoms. The predicted octanol–water partition coefficient (Wildman–Crippen LogP) is 2.39. The molecular weight excluding hydrogens is 212 g/mol. The Labute approximate surface area is 107 Å². The summed E-state index contributed by atoms with van der Waals surface area (Å²) in [6, 6.07) is 1.16. The Kier molecular flexibility index (Phi) is 5.90. The Morgan fingerprint density at radius 2 is 1.88 bits per heavy atom. The third-order valence-electron chi connectivity index (χ3n) is 4.28. The van der Waals surface area contributed by atoms with Crippen molar-refractivity contribution in [1.29, 1.82) is 0 Å². The second-order valence-electron chi connectivity index (χ2n) is 6.01. The van der Waals surface area contributed by atoms with Gasteiger partial charge < -0.3 is 10.5 Å². The molecule has 17 heavy (non-hydrogen) atoms. The van der Waals surface area contributed by atoms with E-state index in [0.717, 1.165) is 19.0 Å². The second-order valence-corrected chi connectivity index (χ2v) is 6.01. The van der Waals surface area contributed by atoms with Gasteiger partial charge >= 0.3 is 0 Å². The Balaban J connectivity index is 2.53. The van der Waals surface area contributed by atoms with Crippen LogP contribution in [0, 0.1) is 0 Å². The van der Waals surface area contributed by atoms with Crippen LogP contribution in [0.5, 0.6) is 0 Å². The number of nitrogens with two attached hydrogens (primary N) is 1. The minimum absolute atomic E-state index is 0.0764. The molecule has 0 aromatic heterocycles. The van der Waals surface area contributed by atoms with Crippen LogP contribution < -0.4 is 5.73 Å². The fourth-order valence-corrected chi connectivity index (χ4v) is 2.83. The predicted molar refractivity (Wildman–Crippen MR) is 73.2 cm³/mol. The molecule has 0 radical (unpaired) electrons. The van der Waals surface area contributed by atoms with Gasteiger partial charge in [0.05, 0.1) is 5.60 Å². The molecule has 0 aromatic carbocycles. The Morgan fingerprint density at radius 1 is 1.29 bits per heavy atom. The maximum Gasteiger partial charge on any atom is 0.0638 e. The first-order valence-corrected chi connectivity index (χ1v) is 6.97. The smallest absolute Gasteiger partial charge is 0.0638 e. The van der Waals surface area contributed by atoms with Crippen molar-refractivity contribution < 1.29 is 4.74 Å². The molecule has 1 rings (SSSR count). The lowest BCUT2D eigenvalue weighted by atomic mass is 9.91. The van der Waals surface area contributed by atoms with Gasteiger partial charge in [-0.2, -0.15) is 0 Å². The molecule has 0 heterocycles. The molecule has 1 atom stereocenters. The highest BCUT2D eigenvalue weighted by Gasteiger charge is 2.28. The minimum Gasteiger partial charge on any atom is -0.379 e. The summed E-state index contributed by atoms with van der Waals surface area (Å²) in [7, 11) is 4.02. The van der Waals surface area contributed by atoms with Gasteiger partial charge in [0.25, 0.3) is 0 Å². The highest BCUT2D eigenvalue weighted by atomic mass is 16.5. The maximum absolute atomic E-state index is 5.95. The molecule has 1 unspecified atom stereocenters. The van der Waals surface area contributed by atoms with Gasteiger partial charge in [0.1, 0.15) is 0 Å². The number of nitrogens with zero attached hydrogens (tertiary/aromatic N) is 1. The van der Waals surface area contributed by atoms with E-state index in [0.29, 0.717) is 6.04 Å². The van der Waals surface area contributed by atoms with Crippen LogP contribution >= 0.6 is 0 Å². The first-order valence-electron chi connectivity index (χ1n) is 6.97. The summed E-state index contributed by atoms with van der Waals surface area (Å²) in [6.07, 6.45) is 7.83. The van der Waals surface area contributed by atoms with E-state index in [4.69, 9.17) is 10.5 Å². The van der Waals surface area contributed by atoms with Gasteiger partial charge in [-0.15, -0.1) is 0 Å². The zero-order chi connectivity index (χ0) is 12.9. The summed E-state index contributed by atoms with van der Waals surface area (Å²) in [5.74, 6) is 0. The summed E-state index contributed by atoms with van der Waals surface area (Å²) < 4.78 is 5.53. The van der Waals surface area contributed by atoms with Crippen molar-refractivity contribution in [2.45, 2.75) is 70.1 Å². The molecule has 102 valence electrons. The molecule has 3 nitrogen and oxygen atoms in total. The number of hydrogen-bond donors (Lipinski definition) is 1. The van der Waals surface area contributed by atoms with Crippen molar-refractivity contribution >= 4 is 0 Å². The SMILES string of the molecule is COC(C)(C)CC(CN)N(C)C1CCCCC1. The van der Waals surface area contributed by atoms with E-state index in [1.54, 1.807) is 7.11 Å². The van der Waals surface area contributed by atoms with E-state index < -0.39 is 0 Å². The highest BCUT2D eigenvalue weighted by Crippen LogP contribution is 2.26. The molecule has 1 aliphatic carbocycles. The maximum atomic E-state index is 5.95. The third-order valence-corrected chi connectivity index (χ3v) is 4.28. The molecule has 1 saturated carbocycles. The summed E-state index contributed by atoms with van der Waals surface area (Å²) in [5, 5.41) is 0.